The molecule has 178 valence electrons. The molecule has 0 radical (unpaired) electrons. The molecule has 11 heteroatoms. The van der Waals surface area contributed by atoms with Gasteiger partial charge in [-0.05, 0) is 36.8 Å². The van der Waals surface area contributed by atoms with Crippen LogP contribution in [0.15, 0.2) is 41.7 Å². The first-order valence-corrected chi connectivity index (χ1v) is 13.7. The summed E-state index contributed by atoms with van der Waals surface area (Å²) >= 11 is 7.45. The van der Waals surface area contributed by atoms with Crippen LogP contribution in [0.4, 0.5) is 5.00 Å². The maximum atomic E-state index is 13.1. The van der Waals surface area contributed by atoms with Gasteiger partial charge in [-0.1, -0.05) is 48.9 Å². The summed E-state index contributed by atoms with van der Waals surface area (Å²) in [6.07, 6.45) is 4.34. The third-order valence-corrected chi connectivity index (χ3v) is 8.51. The summed E-state index contributed by atoms with van der Waals surface area (Å²) in [7, 11) is -3.72. The number of benzene rings is 1. The molecular formula is C23H23ClN4O4S2. The van der Waals surface area contributed by atoms with E-state index in [4.69, 9.17) is 11.6 Å². The second-order valence-corrected chi connectivity index (χ2v) is 11.4. The molecule has 1 aromatic carbocycles. The van der Waals surface area contributed by atoms with Gasteiger partial charge in [0.15, 0.2) is 5.69 Å². The number of aromatic nitrogens is 2. The summed E-state index contributed by atoms with van der Waals surface area (Å²) in [6.45, 7) is 1.92. The van der Waals surface area contributed by atoms with E-state index in [9.17, 15) is 18.0 Å². The van der Waals surface area contributed by atoms with Gasteiger partial charge < -0.3 is 10.6 Å². The fourth-order valence-corrected chi connectivity index (χ4v) is 5.90. The molecule has 34 heavy (non-hydrogen) atoms. The number of nitrogens with zero attached hydrogens (tertiary/aromatic N) is 2. The van der Waals surface area contributed by atoms with Crippen molar-refractivity contribution in [3.63, 3.8) is 0 Å². The van der Waals surface area contributed by atoms with Gasteiger partial charge in [0.05, 0.1) is 22.5 Å². The molecule has 0 atom stereocenters. The maximum absolute atomic E-state index is 13.1. The minimum Gasteiger partial charge on any atom is -0.352 e. The zero-order valence-electron chi connectivity index (χ0n) is 18.4. The van der Waals surface area contributed by atoms with Gasteiger partial charge in [-0.3, -0.25) is 9.59 Å². The number of hydrogen-bond acceptors (Lipinski definition) is 7. The molecule has 3 aromatic rings. The number of halogens is 1. The van der Waals surface area contributed by atoms with Gasteiger partial charge >= 0.3 is 0 Å². The van der Waals surface area contributed by atoms with Crippen molar-refractivity contribution in [2.45, 2.75) is 37.8 Å². The van der Waals surface area contributed by atoms with Gasteiger partial charge in [0.25, 0.3) is 11.8 Å². The van der Waals surface area contributed by atoms with E-state index in [1.807, 2.05) is 30.3 Å². The smallest absolute Gasteiger partial charge is 0.276 e. The van der Waals surface area contributed by atoms with Gasteiger partial charge in [-0.15, -0.1) is 11.3 Å². The van der Waals surface area contributed by atoms with Crippen LogP contribution in [-0.4, -0.2) is 42.5 Å². The number of thiophene rings is 1. The lowest BCUT2D eigenvalue weighted by atomic mass is 10.1. The van der Waals surface area contributed by atoms with E-state index in [0.29, 0.717) is 23.5 Å². The fourth-order valence-electron chi connectivity index (χ4n) is 3.74. The number of sulfone groups is 1. The molecule has 1 aliphatic rings. The van der Waals surface area contributed by atoms with E-state index in [0.717, 1.165) is 41.5 Å². The molecule has 0 aliphatic heterocycles. The largest absolute Gasteiger partial charge is 0.352 e. The van der Waals surface area contributed by atoms with Crippen LogP contribution in [0.2, 0.25) is 5.02 Å². The van der Waals surface area contributed by atoms with Crippen molar-refractivity contribution in [1.82, 2.24) is 15.3 Å². The zero-order valence-corrected chi connectivity index (χ0v) is 20.8. The van der Waals surface area contributed by atoms with Crippen molar-refractivity contribution in [2.75, 3.05) is 17.6 Å². The summed E-state index contributed by atoms with van der Waals surface area (Å²) in [5.74, 6) is -1.16. The summed E-state index contributed by atoms with van der Waals surface area (Å²) in [6, 6.07) is 9.84. The highest BCUT2D eigenvalue weighted by atomic mass is 35.5. The molecule has 0 saturated carbocycles. The standard InChI is InChI=1S/C23H23ClN4O4S2/c1-2-34(31,32)23-26-13-16(24)19(27-23)21(30)28-22-18(15-9-6-10-17(15)33-22)20(29)25-12-11-14-7-4-3-5-8-14/h3-5,7-8,13H,2,6,9-12H2,1H3,(H,25,29)(H,28,30). The highest BCUT2D eigenvalue weighted by Crippen LogP contribution is 2.39. The first kappa shape index (κ1) is 24.3. The predicted octanol–water partition coefficient (Wildman–Crippen LogP) is 3.70. The average Bonchev–Trinajstić information content (AvgIpc) is 3.40. The number of anilines is 1. The molecule has 2 aromatic heterocycles. The molecule has 1 aliphatic carbocycles. The van der Waals surface area contributed by atoms with Crippen LogP contribution < -0.4 is 10.6 Å². The Bertz CT molecular complexity index is 1340. The van der Waals surface area contributed by atoms with Crippen molar-refractivity contribution in [2.24, 2.45) is 0 Å². The van der Waals surface area contributed by atoms with Gasteiger partial charge in [-0.2, -0.15) is 0 Å². The first-order chi connectivity index (χ1) is 16.3. The number of hydrogen-bond donors (Lipinski definition) is 2. The highest BCUT2D eigenvalue weighted by Gasteiger charge is 2.29. The molecule has 2 N–H and O–H groups in total. The average molecular weight is 519 g/mol. The van der Waals surface area contributed by atoms with Crippen LogP contribution >= 0.6 is 22.9 Å². The Kier molecular flexibility index (Phi) is 7.30. The molecule has 2 amide bonds. The zero-order chi connectivity index (χ0) is 24.3. The number of amides is 2. The van der Waals surface area contributed by atoms with Gasteiger partial charge in [0.1, 0.15) is 5.00 Å². The topological polar surface area (TPSA) is 118 Å². The summed E-state index contributed by atoms with van der Waals surface area (Å²) in [5.41, 5.74) is 2.25. The predicted molar refractivity (Wildman–Crippen MR) is 132 cm³/mol. The highest BCUT2D eigenvalue weighted by molar-refractivity contribution is 7.91. The van der Waals surface area contributed by atoms with Crippen LogP contribution in [0, 0.1) is 0 Å². The number of carbonyl (C=O) groups is 2. The Labute approximate surface area is 206 Å². The molecule has 4 rings (SSSR count). The number of aryl methyl sites for hydroxylation is 1. The molecule has 0 fully saturated rings. The van der Waals surface area contributed by atoms with Crippen LogP contribution in [0.3, 0.4) is 0 Å². The Morgan fingerprint density at radius 2 is 1.91 bits per heavy atom. The number of fused-ring (bicyclic) bond motifs is 1. The Balaban J connectivity index is 1.56. The molecule has 0 saturated heterocycles. The van der Waals surface area contributed by atoms with E-state index in [2.05, 4.69) is 20.6 Å². The van der Waals surface area contributed by atoms with Crippen LogP contribution in [0.25, 0.3) is 0 Å². The third-order valence-electron chi connectivity index (χ3n) is 5.51. The molecule has 0 unspecified atom stereocenters. The molecular weight excluding hydrogens is 496 g/mol. The Hall–Kier alpha value is -2.82. The normalized spacial score (nSPS) is 12.9. The van der Waals surface area contributed by atoms with Crippen molar-refractivity contribution in [3.8, 4) is 0 Å². The van der Waals surface area contributed by atoms with E-state index in [1.165, 1.54) is 18.3 Å². The second kappa shape index (κ2) is 10.2. The monoisotopic (exact) mass is 518 g/mol. The van der Waals surface area contributed by atoms with Crippen molar-refractivity contribution in [1.29, 1.82) is 0 Å². The van der Waals surface area contributed by atoms with E-state index in [-0.39, 0.29) is 22.4 Å². The first-order valence-electron chi connectivity index (χ1n) is 10.8. The second-order valence-electron chi connectivity index (χ2n) is 7.76. The van der Waals surface area contributed by atoms with E-state index >= 15 is 0 Å². The van der Waals surface area contributed by atoms with E-state index in [1.54, 1.807) is 0 Å². The summed E-state index contributed by atoms with van der Waals surface area (Å²) in [5, 5.41) is 5.55. The molecule has 8 nitrogen and oxygen atoms in total. The van der Waals surface area contributed by atoms with Crippen molar-refractivity contribution >= 4 is 49.6 Å². The number of carbonyl (C=O) groups excluding carboxylic acids is 2. The fraction of sp³-hybridized carbons (Fsp3) is 0.304. The van der Waals surface area contributed by atoms with Crippen molar-refractivity contribution in [3.05, 3.63) is 68.8 Å². The lowest BCUT2D eigenvalue weighted by Crippen LogP contribution is -2.27. The van der Waals surface area contributed by atoms with Gasteiger partial charge in [-0.25, -0.2) is 18.4 Å². The van der Waals surface area contributed by atoms with Crippen LogP contribution in [-0.2, 0) is 29.1 Å². The Morgan fingerprint density at radius 1 is 1.15 bits per heavy atom. The lowest BCUT2D eigenvalue weighted by molar-refractivity contribution is 0.0954. The van der Waals surface area contributed by atoms with Crippen LogP contribution in [0.1, 0.15) is 50.2 Å². The van der Waals surface area contributed by atoms with Gasteiger partial charge in [0, 0.05) is 11.4 Å². The molecule has 0 bridgehead atoms. The van der Waals surface area contributed by atoms with Crippen molar-refractivity contribution < 1.29 is 18.0 Å². The third kappa shape index (κ3) is 5.13. The molecule has 0 spiro atoms. The minimum atomic E-state index is -3.72. The number of nitrogens with one attached hydrogen (secondary N) is 2. The summed E-state index contributed by atoms with van der Waals surface area (Å²) in [4.78, 5) is 34.8. The Morgan fingerprint density at radius 3 is 2.65 bits per heavy atom. The summed E-state index contributed by atoms with van der Waals surface area (Å²) < 4.78 is 24.3. The molecule has 2 heterocycles. The minimum absolute atomic E-state index is 0.0782. The number of rotatable bonds is 8. The van der Waals surface area contributed by atoms with Gasteiger partial charge in [0.2, 0.25) is 15.0 Å². The SMILES string of the molecule is CCS(=O)(=O)c1ncc(Cl)c(C(=O)Nc2sc3c(c2C(=O)NCCc2ccccc2)CCC3)n1. The lowest BCUT2D eigenvalue weighted by Gasteiger charge is -2.10. The maximum Gasteiger partial charge on any atom is 0.276 e. The van der Waals surface area contributed by atoms with Crippen LogP contribution in [0.5, 0.6) is 0 Å². The van der Waals surface area contributed by atoms with E-state index < -0.39 is 20.9 Å². The quantitative estimate of drug-likeness (QED) is 0.439.